The Morgan fingerprint density at radius 3 is 2.53 bits per heavy atom. The molecule has 0 bridgehead atoms. The van der Waals surface area contributed by atoms with Crippen molar-refractivity contribution in [2.75, 3.05) is 0 Å². The van der Waals surface area contributed by atoms with E-state index in [1.807, 2.05) is 27.7 Å². The van der Waals surface area contributed by atoms with Gasteiger partial charge in [0.05, 0.1) is 11.2 Å². The molecule has 102 valence electrons. The van der Waals surface area contributed by atoms with Gasteiger partial charge in [-0.3, -0.25) is 0 Å². The molecule has 0 aliphatic carbocycles. The molecule has 1 aromatic rings. The van der Waals surface area contributed by atoms with Crippen molar-refractivity contribution in [1.29, 1.82) is 5.26 Å². The van der Waals surface area contributed by atoms with Gasteiger partial charge in [0.1, 0.15) is 29.3 Å². The molecule has 4 heteroatoms. The second-order valence-corrected chi connectivity index (χ2v) is 6.03. The van der Waals surface area contributed by atoms with E-state index < -0.39 is 11.4 Å². The minimum absolute atomic E-state index is 0.0228. The van der Waals surface area contributed by atoms with Crippen LogP contribution in [0.5, 0.6) is 5.75 Å². The smallest absolute Gasteiger partial charge is 0.144 e. The molecule has 1 aliphatic heterocycles. The topological polar surface area (TPSA) is 42.2 Å². The number of rotatable bonds is 2. The minimum Gasteiger partial charge on any atom is -0.487 e. The zero-order chi connectivity index (χ0) is 14.3. The molecule has 0 spiro atoms. The van der Waals surface area contributed by atoms with Crippen LogP contribution in [0.3, 0.4) is 0 Å². The van der Waals surface area contributed by atoms with Crippen molar-refractivity contribution < 1.29 is 13.9 Å². The third-order valence-corrected chi connectivity index (χ3v) is 3.33. The summed E-state index contributed by atoms with van der Waals surface area (Å²) in [6.07, 6.45) is 0.594. The van der Waals surface area contributed by atoms with Crippen molar-refractivity contribution in [3.63, 3.8) is 0 Å². The number of nitrogens with zero attached hydrogens (tertiary/aromatic N) is 1. The van der Waals surface area contributed by atoms with Crippen molar-refractivity contribution in [2.24, 2.45) is 0 Å². The van der Waals surface area contributed by atoms with E-state index in [0.717, 1.165) is 6.42 Å². The molecule has 1 aliphatic rings. The van der Waals surface area contributed by atoms with Crippen molar-refractivity contribution in [3.8, 4) is 11.8 Å². The van der Waals surface area contributed by atoms with Crippen LogP contribution in [0.2, 0.25) is 0 Å². The molecule has 3 nitrogen and oxygen atoms in total. The number of benzene rings is 1. The Kier molecular flexibility index (Phi) is 3.27. The van der Waals surface area contributed by atoms with Crippen molar-refractivity contribution in [2.45, 2.75) is 51.4 Å². The lowest BCUT2D eigenvalue weighted by Gasteiger charge is -2.27. The monoisotopic (exact) mass is 263 g/mol. The average Bonchev–Trinajstić information content (AvgIpc) is 2.47. The lowest BCUT2D eigenvalue weighted by molar-refractivity contribution is -0.0846. The van der Waals surface area contributed by atoms with Crippen LogP contribution < -0.4 is 4.74 Å². The summed E-state index contributed by atoms with van der Waals surface area (Å²) in [5.74, 6) is -0.133. The fourth-order valence-corrected chi connectivity index (χ4v) is 2.52. The number of hydrogen-bond donors (Lipinski definition) is 0. The largest absolute Gasteiger partial charge is 0.487 e. The van der Waals surface area contributed by atoms with Crippen LogP contribution in [0.1, 0.15) is 39.7 Å². The van der Waals surface area contributed by atoms with Gasteiger partial charge < -0.3 is 9.47 Å². The Morgan fingerprint density at radius 2 is 2.05 bits per heavy atom. The van der Waals surface area contributed by atoms with Crippen molar-refractivity contribution >= 4 is 0 Å². The second kappa shape index (κ2) is 4.50. The predicted octanol–water partition coefficient (Wildman–Crippen LogP) is 3.42. The molecule has 0 radical (unpaired) electrons. The highest BCUT2D eigenvalue weighted by molar-refractivity contribution is 5.36. The molecule has 0 N–H and O–H groups in total. The normalized spacial score (nSPS) is 23.9. The van der Waals surface area contributed by atoms with E-state index >= 15 is 0 Å². The van der Waals surface area contributed by atoms with Gasteiger partial charge in [-0.2, -0.15) is 5.26 Å². The standard InChI is InChI=1S/C15H18FNO2/c1-14(2)8-13(15(3,4)19-14)18-11-6-5-10(9-17)12(16)7-11/h5-7,13H,8H2,1-4H3. The molecule has 1 heterocycles. The molecule has 1 aromatic carbocycles. The zero-order valence-corrected chi connectivity index (χ0v) is 11.7. The lowest BCUT2D eigenvalue weighted by Crippen LogP contribution is -2.36. The first-order valence-electron chi connectivity index (χ1n) is 6.30. The van der Waals surface area contributed by atoms with Crippen LogP contribution in [0.15, 0.2) is 18.2 Å². The highest BCUT2D eigenvalue weighted by Gasteiger charge is 2.47. The summed E-state index contributed by atoms with van der Waals surface area (Å²) in [5.41, 5.74) is -0.651. The van der Waals surface area contributed by atoms with Gasteiger partial charge in [0.2, 0.25) is 0 Å². The molecule has 0 aromatic heterocycles. The van der Waals surface area contributed by atoms with E-state index in [1.165, 1.54) is 12.1 Å². The first-order valence-corrected chi connectivity index (χ1v) is 6.30. The maximum absolute atomic E-state index is 13.5. The second-order valence-electron chi connectivity index (χ2n) is 6.03. The van der Waals surface area contributed by atoms with Crippen LogP contribution in [-0.4, -0.2) is 17.3 Å². The number of halogens is 1. The van der Waals surface area contributed by atoms with Crippen molar-refractivity contribution in [1.82, 2.24) is 0 Å². The fourth-order valence-electron chi connectivity index (χ4n) is 2.52. The van der Waals surface area contributed by atoms with Gasteiger partial charge in [0.25, 0.3) is 0 Å². The molecule has 1 atom stereocenters. The van der Waals surface area contributed by atoms with Crippen molar-refractivity contribution in [3.05, 3.63) is 29.6 Å². The molecule has 19 heavy (non-hydrogen) atoms. The molecule has 0 saturated carbocycles. The van der Waals surface area contributed by atoms with E-state index in [1.54, 1.807) is 12.1 Å². The molecular formula is C15H18FNO2. The zero-order valence-electron chi connectivity index (χ0n) is 11.7. The van der Waals surface area contributed by atoms with Gasteiger partial charge in [-0.1, -0.05) is 0 Å². The highest BCUT2D eigenvalue weighted by atomic mass is 19.1. The highest BCUT2D eigenvalue weighted by Crippen LogP contribution is 2.39. The maximum Gasteiger partial charge on any atom is 0.144 e. The molecule has 2 rings (SSSR count). The van der Waals surface area contributed by atoms with Gasteiger partial charge in [0, 0.05) is 12.5 Å². The summed E-state index contributed by atoms with van der Waals surface area (Å²) in [6, 6.07) is 6.08. The van der Waals surface area contributed by atoms with Gasteiger partial charge in [-0.25, -0.2) is 4.39 Å². The van der Waals surface area contributed by atoms with Crippen LogP contribution in [0.25, 0.3) is 0 Å². The van der Waals surface area contributed by atoms with Gasteiger partial charge in [0.15, 0.2) is 0 Å². The summed E-state index contributed by atoms with van der Waals surface area (Å²) in [7, 11) is 0. The Hall–Kier alpha value is -1.60. The SMILES string of the molecule is CC1(C)CC(Oc2ccc(C#N)c(F)c2)C(C)(C)O1. The van der Waals surface area contributed by atoms with Crippen LogP contribution >= 0.6 is 0 Å². The van der Waals surface area contributed by atoms with Gasteiger partial charge in [-0.15, -0.1) is 0 Å². The third kappa shape index (κ3) is 2.87. The summed E-state index contributed by atoms with van der Waals surface area (Å²) < 4.78 is 25.3. The maximum atomic E-state index is 13.5. The molecule has 0 amide bonds. The van der Waals surface area contributed by atoms with Crippen LogP contribution in [0.4, 0.5) is 4.39 Å². The van der Waals surface area contributed by atoms with Crippen LogP contribution in [-0.2, 0) is 4.74 Å². The first kappa shape index (κ1) is 13.8. The summed E-state index contributed by atoms with van der Waals surface area (Å²) in [6.45, 7) is 7.95. The summed E-state index contributed by atoms with van der Waals surface area (Å²) >= 11 is 0. The molecule has 1 fully saturated rings. The minimum atomic E-state index is -0.559. The predicted molar refractivity (Wildman–Crippen MR) is 69.4 cm³/mol. The van der Waals surface area contributed by atoms with E-state index in [9.17, 15) is 4.39 Å². The van der Waals surface area contributed by atoms with Crippen LogP contribution in [0, 0.1) is 17.1 Å². The molecule has 1 saturated heterocycles. The van der Waals surface area contributed by atoms with Gasteiger partial charge in [-0.05, 0) is 39.8 Å². The van der Waals surface area contributed by atoms with E-state index in [4.69, 9.17) is 14.7 Å². The Bertz CT molecular complexity index is 531. The quantitative estimate of drug-likeness (QED) is 0.821. The van der Waals surface area contributed by atoms with E-state index in [2.05, 4.69) is 0 Å². The molecular weight excluding hydrogens is 245 g/mol. The van der Waals surface area contributed by atoms with E-state index in [-0.39, 0.29) is 17.3 Å². The van der Waals surface area contributed by atoms with Gasteiger partial charge >= 0.3 is 0 Å². The Labute approximate surface area is 112 Å². The van der Waals surface area contributed by atoms with E-state index in [0.29, 0.717) is 5.75 Å². The number of ether oxygens (including phenoxy) is 2. The average molecular weight is 263 g/mol. The molecule has 1 unspecified atom stereocenters. The summed E-state index contributed by atoms with van der Waals surface area (Å²) in [4.78, 5) is 0. The Morgan fingerprint density at radius 1 is 1.37 bits per heavy atom. The summed E-state index contributed by atoms with van der Waals surface area (Å²) in [5, 5.41) is 8.69. The Balaban J connectivity index is 2.18. The third-order valence-electron chi connectivity index (χ3n) is 3.33. The fraction of sp³-hybridized carbons (Fsp3) is 0.533. The number of nitriles is 1. The lowest BCUT2D eigenvalue weighted by atomic mass is 9.97. The number of hydrogen-bond acceptors (Lipinski definition) is 3. The first-order chi connectivity index (χ1) is 8.73.